The third-order valence-electron chi connectivity index (χ3n) is 3.23. The van der Waals surface area contributed by atoms with Crippen LogP contribution in [0.3, 0.4) is 0 Å². The predicted molar refractivity (Wildman–Crippen MR) is 106 cm³/mol. The van der Waals surface area contributed by atoms with Gasteiger partial charge in [-0.1, -0.05) is 53.7 Å². The number of para-hydroxylation sites is 1. The zero-order chi connectivity index (χ0) is 15.6. The lowest BCUT2D eigenvalue weighted by molar-refractivity contribution is 0.457. The summed E-state index contributed by atoms with van der Waals surface area (Å²) in [5.74, 6) is 0.923. The minimum absolute atomic E-state index is 0.923. The highest BCUT2D eigenvalue weighted by atomic mass is 127. The molecular formula is C17H16INOSSi. The van der Waals surface area contributed by atoms with Gasteiger partial charge in [-0.15, -0.1) is 0 Å². The largest absolute Gasteiger partial charge is 0.526 e. The van der Waals surface area contributed by atoms with Gasteiger partial charge in [0.1, 0.15) is 0 Å². The van der Waals surface area contributed by atoms with E-state index in [2.05, 4.69) is 64.3 Å². The highest BCUT2D eigenvalue weighted by Crippen LogP contribution is 2.41. The Labute approximate surface area is 148 Å². The Morgan fingerprint density at radius 2 is 1.68 bits per heavy atom. The summed E-state index contributed by atoms with van der Waals surface area (Å²) in [6.45, 7) is 4.03. The standard InChI is InChI=1S/C17H16INOSSi/c1-13-12-14(2)20-22(18,15-8-4-3-5-9-15)21-17-11-7-6-10-16(17)19-13/h3-12H,1-2H3/b14-12-,19-13?. The minimum atomic E-state index is -2.23. The molecule has 0 aromatic heterocycles. The number of nitrogens with zero attached hydrogens (tertiary/aromatic N) is 1. The molecule has 0 bridgehead atoms. The molecule has 5 heteroatoms. The van der Waals surface area contributed by atoms with Crippen LogP contribution in [0.2, 0.25) is 0 Å². The Morgan fingerprint density at radius 3 is 2.45 bits per heavy atom. The molecule has 1 heterocycles. The normalized spacial score (nSPS) is 23.8. The Morgan fingerprint density at radius 1 is 1.00 bits per heavy atom. The Bertz CT molecular complexity index is 747. The Balaban J connectivity index is 2.14. The van der Waals surface area contributed by atoms with Gasteiger partial charge in [0.25, 0.3) is 0 Å². The van der Waals surface area contributed by atoms with E-state index >= 15 is 0 Å². The van der Waals surface area contributed by atoms with Crippen molar-refractivity contribution in [1.29, 1.82) is 0 Å². The molecule has 0 radical (unpaired) electrons. The molecule has 0 amide bonds. The quantitative estimate of drug-likeness (QED) is 0.352. The first-order chi connectivity index (χ1) is 10.6. The summed E-state index contributed by atoms with van der Waals surface area (Å²) in [7, 11) is 0. The molecule has 0 aliphatic carbocycles. The lowest BCUT2D eigenvalue weighted by atomic mass is 10.3. The first kappa shape index (κ1) is 15.8. The van der Waals surface area contributed by atoms with Crippen LogP contribution in [0.15, 0.2) is 76.3 Å². The maximum Gasteiger partial charge on any atom is 0.417 e. The van der Waals surface area contributed by atoms with Crippen molar-refractivity contribution in [2.75, 3.05) is 0 Å². The van der Waals surface area contributed by atoms with Crippen molar-refractivity contribution in [1.82, 2.24) is 0 Å². The summed E-state index contributed by atoms with van der Waals surface area (Å²) in [4.78, 5) is 3.68. The zero-order valence-corrected chi connectivity index (χ0v) is 16.4. The van der Waals surface area contributed by atoms with Crippen LogP contribution < -0.4 is 5.19 Å². The van der Waals surface area contributed by atoms with Gasteiger partial charge in [0, 0.05) is 10.6 Å². The van der Waals surface area contributed by atoms with Crippen LogP contribution in [-0.4, -0.2) is 10.7 Å². The summed E-state index contributed by atoms with van der Waals surface area (Å²) in [6, 6.07) is 18.8. The van der Waals surface area contributed by atoms with Crippen LogP contribution in [0.5, 0.6) is 0 Å². The Hall–Kier alpha value is -1.05. The van der Waals surface area contributed by atoms with Crippen molar-refractivity contribution >= 4 is 54.6 Å². The molecule has 3 rings (SSSR count). The SMILES string of the molecule is CC1=Nc2ccccc2S[Si](I)(c2ccccc2)O/C(C)=C\1. The molecule has 0 N–H and O–H groups in total. The summed E-state index contributed by atoms with van der Waals surface area (Å²) in [6.07, 6.45) is 2.02. The molecule has 1 atom stereocenters. The first-order valence-electron chi connectivity index (χ1n) is 7.02. The van der Waals surface area contributed by atoms with Crippen molar-refractivity contribution in [3.8, 4) is 0 Å². The lowest BCUT2D eigenvalue weighted by Crippen LogP contribution is -2.41. The lowest BCUT2D eigenvalue weighted by Gasteiger charge is -2.26. The van der Waals surface area contributed by atoms with E-state index in [-0.39, 0.29) is 0 Å². The number of allylic oxidation sites excluding steroid dienone is 2. The van der Waals surface area contributed by atoms with Gasteiger partial charge < -0.3 is 4.43 Å². The van der Waals surface area contributed by atoms with E-state index in [4.69, 9.17) is 9.42 Å². The first-order valence-corrected chi connectivity index (χ1v) is 13.6. The fourth-order valence-corrected chi connectivity index (χ4v) is 11.2. The molecule has 1 aliphatic rings. The van der Waals surface area contributed by atoms with E-state index in [1.165, 1.54) is 10.1 Å². The summed E-state index contributed by atoms with van der Waals surface area (Å²) < 4.78 is 6.44. The summed E-state index contributed by atoms with van der Waals surface area (Å²) >= 11 is 4.34. The minimum Gasteiger partial charge on any atom is -0.526 e. The number of fused-ring (bicyclic) bond motifs is 1. The number of rotatable bonds is 1. The van der Waals surface area contributed by atoms with E-state index in [0.717, 1.165) is 17.2 Å². The highest BCUT2D eigenvalue weighted by Gasteiger charge is 2.39. The van der Waals surface area contributed by atoms with Crippen molar-refractivity contribution in [2.24, 2.45) is 4.99 Å². The molecule has 0 saturated carbocycles. The second-order valence-electron chi connectivity index (χ2n) is 5.08. The van der Waals surface area contributed by atoms with Crippen molar-refractivity contribution < 1.29 is 4.43 Å². The van der Waals surface area contributed by atoms with Crippen LogP contribution >= 0.6 is 33.0 Å². The monoisotopic (exact) mass is 437 g/mol. The maximum atomic E-state index is 6.44. The van der Waals surface area contributed by atoms with Crippen LogP contribution in [0, 0.1) is 0 Å². The molecule has 1 unspecified atom stereocenters. The zero-order valence-electron chi connectivity index (χ0n) is 12.4. The van der Waals surface area contributed by atoms with E-state index < -0.39 is 4.96 Å². The smallest absolute Gasteiger partial charge is 0.417 e. The molecule has 2 aromatic rings. The highest BCUT2D eigenvalue weighted by molar-refractivity contribution is 14.1. The second kappa shape index (κ2) is 6.60. The number of aliphatic imine (C=N–C) groups is 1. The predicted octanol–water partition coefficient (Wildman–Crippen LogP) is 5.09. The van der Waals surface area contributed by atoms with Crippen LogP contribution in [0.1, 0.15) is 13.8 Å². The third kappa shape index (κ3) is 3.47. The molecule has 2 nitrogen and oxygen atoms in total. The van der Waals surface area contributed by atoms with Crippen LogP contribution in [0.4, 0.5) is 5.69 Å². The molecule has 2 aromatic carbocycles. The maximum absolute atomic E-state index is 6.44. The second-order valence-corrected chi connectivity index (χ2v) is 16.7. The van der Waals surface area contributed by atoms with Gasteiger partial charge in [0.2, 0.25) is 0 Å². The van der Waals surface area contributed by atoms with Crippen LogP contribution in [-0.2, 0) is 4.43 Å². The van der Waals surface area contributed by atoms with Gasteiger partial charge in [-0.2, -0.15) is 0 Å². The van der Waals surface area contributed by atoms with Crippen molar-refractivity contribution in [2.45, 2.75) is 18.7 Å². The molecule has 0 fully saturated rings. The molecule has 1 aliphatic heterocycles. The van der Waals surface area contributed by atoms with Gasteiger partial charge >= 0.3 is 4.96 Å². The number of hydrogen-bond donors (Lipinski definition) is 0. The van der Waals surface area contributed by atoms with Gasteiger partial charge in [-0.3, -0.25) is 4.99 Å². The molecular weight excluding hydrogens is 421 g/mol. The molecule has 112 valence electrons. The summed E-state index contributed by atoms with van der Waals surface area (Å²) in [5, 5.41) is 1.27. The molecule has 22 heavy (non-hydrogen) atoms. The van der Waals surface area contributed by atoms with Crippen molar-refractivity contribution in [3.63, 3.8) is 0 Å². The number of halogens is 1. The fourth-order valence-electron chi connectivity index (χ4n) is 2.31. The molecule has 0 saturated heterocycles. The topological polar surface area (TPSA) is 21.6 Å². The number of benzene rings is 2. The van der Waals surface area contributed by atoms with Gasteiger partial charge in [0.05, 0.1) is 11.4 Å². The van der Waals surface area contributed by atoms with E-state index in [0.29, 0.717) is 0 Å². The van der Waals surface area contributed by atoms with E-state index in [9.17, 15) is 0 Å². The third-order valence-corrected chi connectivity index (χ3v) is 12.6. The molecule has 0 spiro atoms. The van der Waals surface area contributed by atoms with E-state index in [1.54, 1.807) is 0 Å². The van der Waals surface area contributed by atoms with E-state index in [1.807, 2.05) is 43.3 Å². The van der Waals surface area contributed by atoms with Crippen molar-refractivity contribution in [3.05, 3.63) is 66.4 Å². The fraction of sp³-hybridized carbons (Fsp3) is 0.118. The van der Waals surface area contributed by atoms with Crippen LogP contribution in [0.25, 0.3) is 0 Å². The Kier molecular flexibility index (Phi) is 4.75. The van der Waals surface area contributed by atoms with Gasteiger partial charge in [-0.05, 0) is 59.0 Å². The van der Waals surface area contributed by atoms with Gasteiger partial charge in [-0.25, -0.2) is 0 Å². The number of hydrogen-bond acceptors (Lipinski definition) is 3. The average Bonchev–Trinajstić information content (AvgIpc) is 2.54. The average molecular weight is 437 g/mol. The summed E-state index contributed by atoms with van der Waals surface area (Å²) in [5.41, 5.74) is 1.98. The van der Waals surface area contributed by atoms with Gasteiger partial charge in [0.15, 0.2) is 0 Å².